The summed E-state index contributed by atoms with van der Waals surface area (Å²) in [6, 6.07) is 0. The van der Waals surface area contributed by atoms with Crippen molar-refractivity contribution in [3.05, 3.63) is 0 Å². The summed E-state index contributed by atoms with van der Waals surface area (Å²) in [5, 5.41) is 20.0. The molecule has 2 N–H and O–H groups in total. The molecule has 0 radical (unpaired) electrons. The van der Waals surface area contributed by atoms with Gasteiger partial charge < -0.3 is 14.9 Å². The maximum absolute atomic E-state index is 11.8. The van der Waals surface area contributed by atoms with Gasteiger partial charge in [0.25, 0.3) is 0 Å². The molecule has 0 saturated carbocycles. The largest absolute Gasteiger partial charge is 0.393 e. The summed E-state index contributed by atoms with van der Waals surface area (Å²) in [7, 11) is 0. The number of ether oxygens (including phenoxy) is 1. The van der Waals surface area contributed by atoms with E-state index in [4.69, 9.17) is 0 Å². The predicted octanol–water partition coefficient (Wildman–Crippen LogP) is 0.624. The lowest BCUT2D eigenvalue weighted by molar-refractivity contribution is -0.200. The SMILES string of the molecule is CC(=O)OC(=O)C(C)(C(C)(C)O)C(C)(C)O. The van der Waals surface area contributed by atoms with E-state index in [1.165, 1.54) is 34.6 Å². The molecule has 94 valence electrons. The molecule has 0 heterocycles. The van der Waals surface area contributed by atoms with Gasteiger partial charge >= 0.3 is 11.9 Å². The Balaban J connectivity index is 5.44. The average molecular weight is 232 g/mol. The second-order valence-corrected chi connectivity index (χ2v) is 5.12. The number of carbonyl (C=O) groups is 2. The van der Waals surface area contributed by atoms with Gasteiger partial charge in [-0.2, -0.15) is 0 Å². The first-order valence-electron chi connectivity index (χ1n) is 5.01. The van der Waals surface area contributed by atoms with Crippen LogP contribution in [0.4, 0.5) is 0 Å². The van der Waals surface area contributed by atoms with E-state index in [9.17, 15) is 19.8 Å². The zero-order valence-corrected chi connectivity index (χ0v) is 10.6. The summed E-state index contributed by atoms with van der Waals surface area (Å²) in [5.74, 6) is -1.72. The highest BCUT2D eigenvalue weighted by Crippen LogP contribution is 2.42. The Kier molecular flexibility index (Phi) is 3.90. The number of hydrogen-bond donors (Lipinski definition) is 2. The van der Waals surface area contributed by atoms with Crippen LogP contribution in [-0.2, 0) is 14.3 Å². The van der Waals surface area contributed by atoms with Crippen molar-refractivity contribution in [3.8, 4) is 0 Å². The molecule has 0 aliphatic rings. The molecule has 0 spiro atoms. The van der Waals surface area contributed by atoms with Crippen molar-refractivity contribution in [2.75, 3.05) is 0 Å². The molecule has 0 fully saturated rings. The summed E-state index contributed by atoms with van der Waals surface area (Å²) >= 11 is 0. The minimum absolute atomic E-state index is 0.773. The minimum atomic E-state index is -1.61. The molecule has 0 saturated heterocycles. The molecular formula is C11H20O5. The lowest BCUT2D eigenvalue weighted by atomic mass is 9.65. The van der Waals surface area contributed by atoms with Crippen LogP contribution in [0.25, 0.3) is 0 Å². The quantitative estimate of drug-likeness (QED) is 0.550. The van der Waals surface area contributed by atoms with E-state index >= 15 is 0 Å². The van der Waals surface area contributed by atoms with E-state index in [0.29, 0.717) is 0 Å². The van der Waals surface area contributed by atoms with Crippen molar-refractivity contribution < 1.29 is 24.5 Å². The van der Waals surface area contributed by atoms with Crippen LogP contribution in [0.3, 0.4) is 0 Å². The first-order valence-corrected chi connectivity index (χ1v) is 5.01. The zero-order chi connectivity index (χ0) is 13.4. The zero-order valence-electron chi connectivity index (χ0n) is 10.6. The molecule has 0 rings (SSSR count). The van der Waals surface area contributed by atoms with Gasteiger partial charge in [0.05, 0.1) is 11.2 Å². The summed E-state index contributed by atoms with van der Waals surface area (Å²) in [6.45, 7) is 7.98. The van der Waals surface area contributed by atoms with Gasteiger partial charge in [-0.25, -0.2) is 0 Å². The van der Waals surface area contributed by atoms with Gasteiger partial charge in [0.15, 0.2) is 0 Å². The highest BCUT2D eigenvalue weighted by atomic mass is 16.6. The van der Waals surface area contributed by atoms with Crippen LogP contribution in [0.5, 0.6) is 0 Å². The van der Waals surface area contributed by atoms with Crippen LogP contribution in [0.2, 0.25) is 0 Å². The summed E-state index contributed by atoms with van der Waals surface area (Å²) in [5.41, 5.74) is -4.67. The third kappa shape index (κ3) is 2.59. The topological polar surface area (TPSA) is 83.8 Å². The second-order valence-electron chi connectivity index (χ2n) is 5.12. The Morgan fingerprint density at radius 2 is 1.25 bits per heavy atom. The highest BCUT2D eigenvalue weighted by Gasteiger charge is 2.57. The Morgan fingerprint density at radius 3 is 1.44 bits per heavy atom. The molecule has 0 amide bonds. The van der Waals surface area contributed by atoms with Gasteiger partial charge in [0, 0.05) is 6.92 Å². The Labute approximate surface area is 95.4 Å². The average Bonchev–Trinajstić information content (AvgIpc) is 1.96. The van der Waals surface area contributed by atoms with Crippen molar-refractivity contribution in [3.63, 3.8) is 0 Å². The smallest absolute Gasteiger partial charge is 0.325 e. The van der Waals surface area contributed by atoms with Gasteiger partial charge in [-0.05, 0) is 34.6 Å². The molecule has 0 aromatic rings. The van der Waals surface area contributed by atoms with Crippen LogP contribution >= 0.6 is 0 Å². The van der Waals surface area contributed by atoms with Crippen LogP contribution in [0, 0.1) is 5.41 Å². The van der Waals surface area contributed by atoms with Crippen molar-refractivity contribution in [2.24, 2.45) is 5.41 Å². The fourth-order valence-electron chi connectivity index (χ4n) is 1.48. The molecule has 0 aromatic carbocycles. The van der Waals surface area contributed by atoms with Crippen molar-refractivity contribution in [2.45, 2.75) is 52.7 Å². The van der Waals surface area contributed by atoms with Crippen molar-refractivity contribution in [1.29, 1.82) is 0 Å². The van der Waals surface area contributed by atoms with E-state index in [2.05, 4.69) is 4.74 Å². The Morgan fingerprint density at radius 1 is 0.938 bits per heavy atom. The molecule has 0 aliphatic heterocycles. The number of carbonyl (C=O) groups excluding carboxylic acids is 2. The monoisotopic (exact) mass is 232 g/mol. The molecule has 5 heteroatoms. The minimum Gasteiger partial charge on any atom is -0.393 e. The van der Waals surface area contributed by atoms with Gasteiger partial charge in [0.2, 0.25) is 0 Å². The molecule has 5 nitrogen and oxygen atoms in total. The number of aliphatic hydroxyl groups is 2. The highest BCUT2D eigenvalue weighted by molar-refractivity contribution is 5.89. The molecule has 0 aromatic heterocycles. The molecule has 16 heavy (non-hydrogen) atoms. The van der Waals surface area contributed by atoms with Gasteiger partial charge in [-0.15, -0.1) is 0 Å². The Hall–Kier alpha value is -0.940. The molecule has 0 bridgehead atoms. The van der Waals surface area contributed by atoms with Gasteiger partial charge in [-0.3, -0.25) is 9.59 Å². The maximum atomic E-state index is 11.8. The third-order valence-corrected chi connectivity index (χ3v) is 3.09. The normalized spacial score (nSPS) is 13.5. The summed E-state index contributed by atoms with van der Waals surface area (Å²) in [4.78, 5) is 22.6. The first kappa shape index (κ1) is 15.1. The van der Waals surface area contributed by atoms with E-state index < -0.39 is 28.6 Å². The van der Waals surface area contributed by atoms with Crippen LogP contribution < -0.4 is 0 Å². The number of rotatable bonds is 3. The number of hydrogen-bond acceptors (Lipinski definition) is 5. The molecular weight excluding hydrogens is 212 g/mol. The second kappa shape index (κ2) is 4.14. The lowest BCUT2D eigenvalue weighted by Gasteiger charge is -2.45. The summed E-state index contributed by atoms with van der Waals surface area (Å²) < 4.78 is 4.47. The number of esters is 2. The third-order valence-electron chi connectivity index (χ3n) is 3.09. The molecule has 0 atom stereocenters. The van der Waals surface area contributed by atoms with Crippen molar-refractivity contribution >= 4 is 11.9 Å². The fraction of sp³-hybridized carbons (Fsp3) is 0.818. The molecule has 0 aliphatic carbocycles. The van der Waals surface area contributed by atoms with Crippen LogP contribution in [-0.4, -0.2) is 33.4 Å². The first-order chi connectivity index (χ1) is 6.84. The van der Waals surface area contributed by atoms with E-state index in [1.807, 2.05) is 0 Å². The standard InChI is InChI=1S/C11H20O5/c1-7(12)16-8(13)11(6,9(2,3)14)10(4,5)15/h14-15H,1-6H3. The van der Waals surface area contributed by atoms with E-state index in [0.717, 1.165) is 6.92 Å². The predicted molar refractivity (Wildman–Crippen MR) is 57.5 cm³/mol. The van der Waals surface area contributed by atoms with E-state index in [-0.39, 0.29) is 0 Å². The van der Waals surface area contributed by atoms with Gasteiger partial charge in [0.1, 0.15) is 5.41 Å². The van der Waals surface area contributed by atoms with Gasteiger partial charge in [-0.1, -0.05) is 0 Å². The van der Waals surface area contributed by atoms with Crippen molar-refractivity contribution in [1.82, 2.24) is 0 Å². The van der Waals surface area contributed by atoms with Crippen LogP contribution in [0.15, 0.2) is 0 Å². The summed E-state index contributed by atoms with van der Waals surface area (Å²) in [6.07, 6.45) is 0. The van der Waals surface area contributed by atoms with E-state index in [1.54, 1.807) is 0 Å². The Bertz CT molecular complexity index is 278. The van der Waals surface area contributed by atoms with Crippen LogP contribution in [0.1, 0.15) is 41.5 Å². The molecule has 0 unspecified atom stereocenters. The fourth-order valence-corrected chi connectivity index (χ4v) is 1.48. The lowest BCUT2D eigenvalue weighted by Crippen LogP contribution is -2.60. The maximum Gasteiger partial charge on any atom is 0.325 e.